The van der Waals surface area contributed by atoms with E-state index in [1.165, 1.54) is 6.08 Å². The number of rotatable bonds is 5. The van der Waals surface area contributed by atoms with Crippen molar-refractivity contribution in [3.8, 4) is 0 Å². The van der Waals surface area contributed by atoms with Crippen molar-refractivity contribution in [2.45, 2.75) is 26.1 Å². The second kappa shape index (κ2) is 8.57. The second-order valence-corrected chi connectivity index (χ2v) is 7.37. The van der Waals surface area contributed by atoms with Crippen LogP contribution in [0.2, 0.25) is 0 Å². The van der Waals surface area contributed by atoms with E-state index in [1.54, 1.807) is 15.7 Å². The molecule has 0 N–H and O–H groups in total. The number of hydrogen-bond donors (Lipinski definition) is 0. The van der Waals surface area contributed by atoms with Crippen LogP contribution in [0.4, 0.5) is 0 Å². The number of nitrogens with zero attached hydrogens (tertiary/aromatic N) is 6. The Kier molecular flexibility index (Phi) is 5.71. The van der Waals surface area contributed by atoms with Crippen LogP contribution < -0.4 is 0 Å². The molecule has 0 saturated carbocycles. The fourth-order valence-corrected chi connectivity index (χ4v) is 3.97. The summed E-state index contributed by atoms with van der Waals surface area (Å²) in [5, 5.41) is 8.24. The molecule has 4 rings (SSSR count). The number of aromatic nitrogens is 3. The predicted molar refractivity (Wildman–Crippen MR) is 109 cm³/mol. The molecule has 2 aromatic rings. The molecule has 2 saturated heterocycles. The SMILES string of the molecule is CCN1CCN2CCCN(C(=O)/C=C/c3cn(Cc4ccccc4)nn3)C2C1=O. The number of piperazine rings is 1. The van der Waals surface area contributed by atoms with Crippen molar-refractivity contribution in [1.29, 1.82) is 0 Å². The lowest BCUT2D eigenvalue weighted by molar-refractivity contribution is -0.161. The van der Waals surface area contributed by atoms with Crippen LogP contribution in [0.3, 0.4) is 0 Å². The Labute approximate surface area is 170 Å². The third-order valence-electron chi connectivity index (χ3n) is 5.48. The normalized spacial score (nSPS) is 20.3. The molecule has 8 nitrogen and oxygen atoms in total. The lowest BCUT2D eigenvalue weighted by Crippen LogP contribution is -2.67. The van der Waals surface area contributed by atoms with Gasteiger partial charge in [-0.2, -0.15) is 0 Å². The number of fused-ring (bicyclic) bond motifs is 1. The van der Waals surface area contributed by atoms with E-state index in [0.717, 1.165) is 31.6 Å². The molecule has 8 heteroatoms. The summed E-state index contributed by atoms with van der Waals surface area (Å²) in [6.45, 7) is 6.26. The Balaban J connectivity index is 1.43. The summed E-state index contributed by atoms with van der Waals surface area (Å²) >= 11 is 0. The molecular formula is C21H26N6O2. The molecule has 3 heterocycles. The molecule has 2 aliphatic rings. The zero-order chi connectivity index (χ0) is 20.2. The van der Waals surface area contributed by atoms with Gasteiger partial charge in [-0.1, -0.05) is 35.5 Å². The van der Waals surface area contributed by atoms with Gasteiger partial charge in [0.05, 0.1) is 12.7 Å². The van der Waals surface area contributed by atoms with Gasteiger partial charge in [-0.15, -0.1) is 5.10 Å². The van der Waals surface area contributed by atoms with E-state index >= 15 is 0 Å². The van der Waals surface area contributed by atoms with E-state index in [1.807, 2.05) is 48.4 Å². The van der Waals surface area contributed by atoms with E-state index < -0.39 is 6.17 Å². The largest absolute Gasteiger partial charge is 0.339 e. The zero-order valence-corrected chi connectivity index (χ0v) is 16.6. The van der Waals surface area contributed by atoms with Gasteiger partial charge in [0.1, 0.15) is 5.69 Å². The Morgan fingerprint density at radius 3 is 2.79 bits per heavy atom. The van der Waals surface area contributed by atoms with Crippen LogP contribution in [0, 0.1) is 0 Å². The van der Waals surface area contributed by atoms with Crippen LogP contribution in [-0.4, -0.2) is 80.4 Å². The van der Waals surface area contributed by atoms with E-state index in [0.29, 0.717) is 25.3 Å². The van der Waals surface area contributed by atoms with Crippen LogP contribution in [0.25, 0.3) is 6.08 Å². The summed E-state index contributed by atoms with van der Waals surface area (Å²) in [7, 11) is 0. The number of hydrogen-bond acceptors (Lipinski definition) is 5. The maximum atomic E-state index is 12.9. The van der Waals surface area contributed by atoms with Crippen LogP contribution >= 0.6 is 0 Å². The van der Waals surface area contributed by atoms with E-state index in [4.69, 9.17) is 0 Å². The van der Waals surface area contributed by atoms with Gasteiger partial charge in [-0.25, -0.2) is 4.68 Å². The minimum absolute atomic E-state index is 0.0222. The first-order valence-corrected chi connectivity index (χ1v) is 10.1. The molecule has 0 aliphatic carbocycles. The molecule has 152 valence electrons. The molecule has 0 radical (unpaired) electrons. The lowest BCUT2D eigenvalue weighted by atomic mass is 10.1. The highest BCUT2D eigenvalue weighted by Crippen LogP contribution is 2.21. The van der Waals surface area contributed by atoms with Crippen LogP contribution in [0.5, 0.6) is 0 Å². The number of benzene rings is 1. The Morgan fingerprint density at radius 1 is 1.17 bits per heavy atom. The number of carbonyl (C=O) groups excluding carboxylic acids is 2. The van der Waals surface area contributed by atoms with Crippen molar-refractivity contribution >= 4 is 17.9 Å². The molecule has 1 unspecified atom stereocenters. The summed E-state index contributed by atoms with van der Waals surface area (Å²) in [5.41, 5.74) is 1.75. The molecule has 2 fully saturated rings. The van der Waals surface area contributed by atoms with E-state index in [9.17, 15) is 9.59 Å². The topological polar surface area (TPSA) is 74.6 Å². The molecular weight excluding hydrogens is 368 g/mol. The summed E-state index contributed by atoms with van der Waals surface area (Å²) in [4.78, 5) is 31.3. The monoisotopic (exact) mass is 394 g/mol. The third kappa shape index (κ3) is 4.22. The van der Waals surface area contributed by atoms with Crippen molar-refractivity contribution in [2.75, 3.05) is 32.7 Å². The van der Waals surface area contributed by atoms with Crippen LogP contribution in [0.15, 0.2) is 42.6 Å². The van der Waals surface area contributed by atoms with E-state index in [-0.39, 0.29) is 11.8 Å². The van der Waals surface area contributed by atoms with Crippen molar-refractivity contribution in [3.05, 3.63) is 53.9 Å². The van der Waals surface area contributed by atoms with Crippen molar-refractivity contribution in [2.24, 2.45) is 0 Å². The van der Waals surface area contributed by atoms with Crippen molar-refractivity contribution < 1.29 is 9.59 Å². The van der Waals surface area contributed by atoms with Crippen LogP contribution in [0.1, 0.15) is 24.6 Å². The number of amides is 2. The van der Waals surface area contributed by atoms with Gasteiger partial charge in [0.25, 0.3) is 5.91 Å². The average molecular weight is 394 g/mol. The Hall–Kier alpha value is -3.00. The predicted octanol–water partition coefficient (Wildman–Crippen LogP) is 1.06. The maximum absolute atomic E-state index is 12.9. The average Bonchev–Trinajstić information content (AvgIpc) is 3.20. The summed E-state index contributed by atoms with van der Waals surface area (Å²) in [6, 6.07) is 10.0. The van der Waals surface area contributed by atoms with Gasteiger partial charge < -0.3 is 9.80 Å². The van der Waals surface area contributed by atoms with Crippen molar-refractivity contribution in [3.63, 3.8) is 0 Å². The van der Waals surface area contributed by atoms with E-state index in [2.05, 4.69) is 15.2 Å². The molecule has 0 bridgehead atoms. The van der Waals surface area contributed by atoms with Crippen LogP contribution in [-0.2, 0) is 16.1 Å². The smallest absolute Gasteiger partial charge is 0.260 e. The standard InChI is InChI=1S/C21H26N6O2/c1-2-24-13-14-25-11-6-12-27(20(25)21(24)29)19(28)10-9-18-16-26(23-22-18)15-17-7-4-3-5-8-17/h3-5,7-10,16,20H,2,6,11-15H2,1H3/b10-9+. The highest BCUT2D eigenvalue weighted by molar-refractivity contribution is 5.95. The fraction of sp³-hybridized carbons (Fsp3) is 0.429. The lowest BCUT2D eigenvalue weighted by Gasteiger charge is -2.47. The zero-order valence-electron chi connectivity index (χ0n) is 16.6. The van der Waals surface area contributed by atoms with Gasteiger partial charge in [-0.05, 0) is 25.0 Å². The van der Waals surface area contributed by atoms with Gasteiger partial charge >= 0.3 is 0 Å². The molecule has 1 aromatic carbocycles. The summed E-state index contributed by atoms with van der Waals surface area (Å²) in [5.74, 6) is -0.141. The Bertz CT molecular complexity index is 894. The molecule has 29 heavy (non-hydrogen) atoms. The number of carbonyl (C=O) groups is 2. The van der Waals surface area contributed by atoms with Gasteiger partial charge in [0.2, 0.25) is 5.91 Å². The fourth-order valence-electron chi connectivity index (χ4n) is 3.97. The molecule has 1 aromatic heterocycles. The Morgan fingerprint density at radius 2 is 2.00 bits per heavy atom. The van der Waals surface area contributed by atoms with Gasteiger partial charge in [0.15, 0.2) is 6.17 Å². The van der Waals surface area contributed by atoms with Crippen molar-refractivity contribution in [1.82, 2.24) is 29.7 Å². The van der Waals surface area contributed by atoms with Gasteiger partial charge in [0, 0.05) is 38.8 Å². The first-order chi connectivity index (χ1) is 14.2. The molecule has 2 amide bonds. The third-order valence-corrected chi connectivity index (χ3v) is 5.48. The second-order valence-electron chi connectivity index (χ2n) is 7.37. The molecule has 2 aliphatic heterocycles. The summed E-state index contributed by atoms with van der Waals surface area (Å²) in [6.07, 6.45) is 5.37. The highest BCUT2D eigenvalue weighted by Gasteiger charge is 2.41. The minimum Gasteiger partial charge on any atom is -0.339 e. The maximum Gasteiger partial charge on any atom is 0.260 e. The first-order valence-electron chi connectivity index (χ1n) is 10.1. The summed E-state index contributed by atoms with van der Waals surface area (Å²) < 4.78 is 1.74. The quantitative estimate of drug-likeness (QED) is 0.709. The highest BCUT2D eigenvalue weighted by atomic mass is 16.2. The molecule has 1 atom stereocenters. The minimum atomic E-state index is -0.483. The molecule has 0 spiro atoms. The first kappa shape index (κ1) is 19.3. The number of likely N-dealkylation sites (N-methyl/N-ethyl adjacent to an activating group) is 1. The van der Waals surface area contributed by atoms with Gasteiger partial charge in [-0.3, -0.25) is 14.5 Å².